The fraction of sp³-hybridized carbons (Fsp3) is 0.667. The molecule has 0 N–H and O–H groups in total. The predicted molar refractivity (Wildman–Crippen MR) is 37.6 cm³/mol. The molecule has 0 saturated carbocycles. The summed E-state index contributed by atoms with van der Waals surface area (Å²) in [6.07, 6.45) is 1.02. The summed E-state index contributed by atoms with van der Waals surface area (Å²) in [7, 11) is 0. The monoisotopic (exact) mass is 140 g/mol. The van der Waals surface area contributed by atoms with E-state index in [4.69, 9.17) is 9.47 Å². The van der Waals surface area contributed by atoms with Crippen LogP contribution in [-0.4, -0.2) is 36.3 Å². The summed E-state index contributed by atoms with van der Waals surface area (Å²) in [6, 6.07) is 0. The number of rotatable bonds is 0. The zero-order valence-electron chi connectivity index (χ0n) is 5.93. The Labute approximate surface area is 73.1 Å². The Hall–Kier alpha value is 0.686. The van der Waals surface area contributed by atoms with E-state index in [0.29, 0.717) is 0 Å². The van der Waals surface area contributed by atoms with Crippen LogP contribution in [0.2, 0.25) is 0 Å². The molecule has 1 aliphatic rings. The van der Waals surface area contributed by atoms with Crippen molar-refractivity contribution in [2.75, 3.05) is 13.2 Å². The van der Waals surface area contributed by atoms with Crippen LogP contribution >= 0.6 is 0 Å². The van der Waals surface area contributed by atoms with Gasteiger partial charge in [0, 0.05) is 13.2 Å². The molecule has 0 aliphatic carbocycles. The van der Waals surface area contributed by atoms with Gasteiger partial charge in [0.1, 0.15) is 0 Å². The molecule has 50 valence electrons. The minimum atomic E-state index is 0. The van der Waals surface area contributed by atoms with E-state index in [-0.39, 0.29) is 23.1 Å². The summed E-state index contributed by atoms with van der Waals surface area (Å²) >= 11 is 0. The maximum atomic E-state index is 4.72. The smallest absolute Gasteiger partial charge is 0.525 e. The van der Waals surface area contributed by atoms with E-state index in [9.17, 15) is 0 Å². The number of ether oxygens (including phenoxy) is 2. The number of hydrogen-bond acceptors (Lipinski definition) is 2. The van der Waals surface area contributed by atoms with Gasteiger partial charge in [-0.1, -0.05) is 6.79 Å². The average Bonchev–Trinajstić information content (AvgIpc) is 1.96. The third kappa shape index (κ3) is 8.69. The van der Waals surface area contributed by atoms with Crippen molar-refractivity contribution in [3.05, 3.63) is 13.7 Å². The van der Waals surface area contributed by atoms with E-state index in [0.717, 1.165) is 19.6 Å². The van der Waals surface area contributed by atoms with Crippen LogP contribution in [0.25, 0.3) is 0 Å². The second kappa shape index (κ2) is 11.5. The van der Waals surface area contributed by atoms with E-state index >= 15 is 0 Å². The van der Waals surface area contributed by atoms with Crippen LogP contribution in [0.3, 0.4) is 0 Å². The third-order valence-electron chi connectivity index (χ3n) is 0.660. The Bertz CT molecular complexity index is 26.5. The third-order valence-corrected chi connectivity index (χ3v) is 0.660. The van der Waals surface area contributed by atoms with Crippen molar-refractivity contribution in [1.82, 2.24) is 0 Å². The average molecular weight is 140 g/mol. The first-order chi connectivity index (χ1) is 4.00. The van der Waals surface area contributed by atoms with Gasteiger partial charge in [-0.3, -0.25) is 0 Å². The fourth-order valence-electron chi connectivity index (χ4n) is 0.370. The largest absolute Gasteiger partial charge is 2.00 e. The second-order valence-corrected chi connectivity index (χ2v) is 1.19. The molecule has 0 aromatic rings. The summed E-state index contributed by atoms with van der Waals surface area (Å²) in [5.41, 5.74) is 0. The quantitative estimate of drug-likeness (QED) is 0.369. The zero-order chi connectivity index (χ0) is 6.24. The topological polar surface area (TPSA) is 18.5 Å². The summed E-state index contributed by atoms with van der Waals surface area (Å²) in [5.74, 6) is 0. The van der Waals surface area contributed by atoms with Gasteiger partial charge in [-0.05, 0) is 6.42 Å². The van der Waals surface area contributed by atoms with Gasteiger partial charge in [0.2, 0.25) is 0 Å². The van der Waals surface area contributed by atoms with Crippen molar-refractivity contribution >= 4 is 23.1 Å². The molecular weight excluding hydrogens is 128 g/mol. The first-order valence-electron chi connectivity index (χ1n) is 2.76. The minimum absolute atomic E-state index is 0. The van der Waals surface area contributed by atoms with Crippen molar-refractivity contribution in [2.24, 2.45) is 0 Å². The first kappa shape index (κ1) is 12.4. The van der Waals surface area contributed by atoms with E-state index in [1.54, 1.807) is 6.92 Å². The summed E-state index contributed by atoms with van der Waals surface area (Å²) < 4.78 is 9.44. The molecule has 1 fully saturated rings. The van der Waals surface area contributed by atoms with Gasteiger partial charge >= 0.3 is 23.1 Å². The Morgan fingerprint density at radius 2 is 1.67 bits per heavy atom. The molecule has 1 saturated heterocycles. The van der Waals surface area contributed by atoms with Crippen LogP contribution in [0.15, 0.2) is 0 Å². The molecule has 0 aromatic carbocycles. The van der Waals surface area contributed by atoms with Gasteiger partial charge in [0.25, 0.3) is 0 Å². The fourth-order valence-corrected chi connectivity index (χ4v) is 0.370. The van der Waals surface area contributed by atoms with Crippen LogP contribution in [-0.2, 0) is 9.47 Å². The van der Waals surface area contributed by atoms with E-state index in [1.807, 2.05) is 0 Å². The van der Waals surface area contributed by atoms with E-state index in [2.05, 4.69) is 6.92 Å². The van der Waals surface area contributed by atoms with Crippen LogP contribution < -0.4 is 0 Å². The molecule has 0 spiro atoms. The van der Waals surface area contributed by atoms with E-state index < -0.39 is 0 Å². The molecule has 0 aromatic heterocycles. The molecule has 1 heterocycles. The van der Waals surface area contributed by atoms with Crippen molar-refractivity contribution in [1.29, 1.82) is 0 Å². The molecule has 9 heavy (non-hydrogen) atoms. The molecule has 0 amide bonds. The molecule has 0 bridgehead atoms. The van der Waals surface area contributed by atoms with Crippen LogP contribution in [0.4, 0.5) is 0 Å². The molecule has 2 nitrogen and oxygen atoms in total. The molecule has 3 heteroatoms. The van der Waals surface area contributed by atoms with Gasteiger partial charge in [-0.25, -0.2) is 0 Å². The van der Waals surface area contributed by atoms with Crippen LogP contribution in [0.5, 0.6) is 0 Å². The Kier molecular flexibility index (Phi) is 15.8. The standard InChI is InChI=1S/C4H7O2.C2H5.Mg/c1-2-5-4-6-3-1;1-2;/h4H,1-3H2;1H2,2H3;/q2*-1;+2. The Morgan fingerprint density at radius 3 is 1.78 bits per heavy atom. The van der Waals surface area contributed by atoms with Crippen LogP contribution in [0.1, 0.15) is 13.3 Å². The maximum Gasteiger partial charge on any atom is 2.00 e. The molecule has 1 rings (SSSR count). The van der Waals surface area contributed by atoms with Gasteiger partial charge in [0.05, 0.1) is 0 Å². The molecule has 1 aliphatic heterocycles. The zero-order valence-corrected chi connectivity index (χ0v) is 7.34. The first-order valence-corrected chi connectivity index (χ1v) is 2.76. The summed E-state index contributed by atoms with van der Waals surface area (Å²) in [6.45, 7) is 8.03. The predicted octanol–water partition coefficient (Wildman–Crippen LogP) is 1.00. The van der Waals surface area contributed by atoms with Crippen molar-refractivity contribution in [3.8, 4) is 0 Å². The summed E-state index contributed by atoms with van der Waals surface area (Å²) in [5, 5.41) is 0. The second-order valence-electron chi connectivity index (χ2n) is 1.19. The minimum Gasteiger partial charge on any atom is -0.525 e. The maximum absolute atomic E-state index is 4.72. The van der Waals surface area contributed by atoms with Gasteiger partial charge in [-0.2, -0.15) is 6.92 Å². The van der Waals surface area contributed by atoms with Crippen molar-refractivity contribution in [3.63, 3.8) is 0 Å². The van der Waals surface area contributed by atoms with Crippen molar-refractivity contribution < 1.29 is 9.47 Å². The molecule has 0 atom stereocenters. The Morgan fingerprint density at radius 1 is 1.22 bits per heavy atom. The van der Waals surface area contributed by atoms with Crippen molar-refractivity contribution in [2.45, 2.75) is 13.3 Å². The molecule has 0 radical (unpaired) electrons. The Balaban J connectivity index is 0. The molecule has 0 unspecified atom stereocenters. The SMILES string of the molecule is [CH-]1OCCCO1.[CH2-]C.[Mg+2]. The van der Waals surface area contributed by atoms with Crippen LogP contribution in [0, 0.1) is 13.7 Å². The number of hydrogen-bond donors (Lipinski definition) is 0. The normalized spacial score (nSPS) is 16.7. The van der Waals surface area contributed by atoms with E-state index in [1.165, 1.54) is 6.79 Å². The molecular formula is C6H12MgO2. The summed E-state index contributed by atoms with van der Waals surface area (Å²) in [4.78, 5) is 0. The van der Waals surface area contributed by atoms with Gasteiger partial charge < -0.3 is 16.4 Å². The van der Waals surface area contributed by atoms with Gasteiger partial charge in [-0.15, -0.1) is 0 Å². The van der Waals surface area contributed by atoms with Gasteiger partial charge in [0.15, 0.2) is 0 Å².